The summed E-state index contributed by atoms with van der Waals surface area (Å²) in [5, 5.41) is 3.38. The van der Waals surface area contributed by atoms with Gasteiger partial charge in [-0.2, -0.15) is 0 Å². The molecule has 1 aromatic rings. The third kappa shape index (κ3) is 2.68. The van der Waals surface area contributed by atoms with Crippen LogP contribution >= 0.6 is 0 Å². The molecule has 1 N–H and O–H groups in total. The molecule has 17 heavy (non-hydrogen) atoms. The number of piperazine rings is 1. The van der Waals surface area contributed by atoms with Crippen LogP contribution in [0.5, 0.6) is 0 Å². The van der Waals surface area contributed by atoms with Gasteiger partial charge in [-0.3, -0.25) is 4.90 Å². The smallest absolute Gasteiger partial charge is 0.0557 e. The highest BCUT2D eigenvalue weighted by atomic mass is 16.5. The molecule has 0 aliphatic carbocycles. The van der Waals surface area contributed by atoms with Gasteiger partial charge in [0, 0.05) is 38.6 Å². The Bertz CT molecular complexity index is 353. The standard InChI is InChI=1S/C14H20N2O/c1-3-13(14-10-17-11-14)4-2-12(1)9-16-7-5-15-6-8-16/h1-4,14-15H,5-11H2. The Labute approximate surface area is 103 Å². The Morgan fingerprint density at radius 3 is 2.41 bits per heavy atom. The van der Waals surface area contributed by atoms with Crippen molar-refractivity contribution in [1.82, 2.24) is 10.2 Å². The van der Waals surface area contributed by atoms with E-state index in [1.807, 2.05) is 0 Å². The predicted molar refractivity (Wildman–Crippen MR) is 68.1 cm³/mol. The van der Waals surface area contributed by atoms with Crippen LogP contribution in [0.3, 0.4) is 0 Å². The van der Waals surface area contributed by atoms with Gasteiger partial charge in [-0.15, -0.1) is 0 Å². The fourth-order valence-corrected chi connectivity index (χ4v) is 2.45. The number of hydrogen-bond donors (Lipinski definition) is 1. The Morgan fingerprint density at radius 1 is 1.12 bits per heavy atom. The molecule has 2 heterocycles. The molecule has 0 amide bonds. The zero-order valence-corrected chi connectivity index (χ0v) is 10.2. The van der Waals surface area contributed by atoms with E-state index in [9.17, 15) is 0 Å². The summed E-state index contributed by atoms with van der Waals surface area (Å²) in [5.41, 5.74) is 2.86. The summed E-state index contributed by atoms with van der Waals surface area (Å²) in [6, 6.07) is 9.08. The molecule has 1 aromatic carbocycles. The molecule has 2 aliphatic heterocycles. The van der Waals surface area contributed by atoms with E-state index in [0.29, 0.717) is 5.92 Å². The summed E-state index contributed by atoms with van der Waals surface area (Å²) in [7, 11) is 0. The fraction of sp³-hybridized carbons (Fsp3) is 0.571. The summed E-state index contributed by atoms with van der Waals surface area (Å²) >= 11 is 0. The van der Waals surface area contributed by atoms with Gasteiger partial charge in [0.1, 0.15) is 0 Å². The van der Waals surface area contributed by atoms with E-state index in [1.165, 1.54) is 11.1 Å². The van der Waals surface area contributed by atoms with Crippen molar-refractivity contribution in [2.75, 3.05) is 39.4 Å². The maximum Gasteiger partial charge on any atom is 0.0557 e. The Kier molecular flexibility index (Phi) is 3.41. The van der Waals surface area contributed by atoms with Gasteiger partial charge in [0.05, 0.1) is 13.2 Å². The lowest BCUT2D eigenvalue weighted by molar-refractivity contribution is 0.00841. The summed E-state index contributed by atoms with van der Waals surface area (Å²) in [4.78, 5) is 2.51. The van der Waals surface area contributed by atoms with Crippen LogP contribution in [0.4, 0.5) is 0 Å². The molecular formula is C14H20N2O. The third-order valence-electron chi connectivity index (χ3n) is 3.70. The van der Waals surface area contributed by atoms with Crippen molar-refractivity contribution in [2.45, 2.75) is 12.5 Å². The first-order chi connectivity index (χ1) is 8.42. The van der Waals surface area contributed by atoms with E-state index < -0.39 is 0 Å². The number of nitrogens with zero attached hydrogens (tertiary/aromatic N) is 1. The highest BCUT2D eigenvalue weighted by molar-refractivity contribution is 5.26. The molecule has 0 aromatic heterocycles. The van der Waals surface area contributed by atoms with Crippen molar-refractivity contribution in [2.24, 2.45) is 0 Å². The van der Waals surface area contributed by atoms with Gasteiger partial charge in [-0.1, -0.05) is 24.3 Å². The van der Waals surface area contributed by atoms with Gasteiger partial charge < -0.3 is 10.1 Å². The van der Waals surface area contributed by atoms with Crippen LogP contribution in [0, 0.1) is 0 Å². The number of ether oxygens (including phenoxy) is 1. The Morgan fingerprint density at radius 2 is 1.82 bits per heavy atom. The second-order valence-electron chi connectivity index (χ2n) is 5.00. The highest BCUT2D eigenvalue weighted by Crippen LogP contribution is 2.24. The van der Waals surface area contributed by atoms with Gasteiger partial charge in [0.2, 0.25) is 0 Å². The van der Waals surface area contributed by atoms with Crippen molar-refractivity contribution in [1.29, 1.82) is 0 Å². The van der Waals surface area contributed by atoms with Crippen LogP contribution < -0.4 is 5.32 Å². The molecule has 2 aliphatic rings. The molecule has 2 fully saturated rings. The van der Waals surface area contributed by atoms with Crippen LogP contribution in [0.15, 0.2) is 24.3 Å². The maximum atomic E-state index is 5.23. The van der Waals surface area contributed by atoms with Crippen molar-refractivity contribution in [3.63, 3.8) is 0 Å². The lowest BCUT2D eigenvalue weighted by Crippen LogP contribution is -2.42. The van der Waals surface area contributed by atoms with E-state index in [0.717, 1.165) is 45.9 Å². The largest absolute Gasteiger partial charge is 0.380 e. The molecule has 3 nitrogen and oxygen atoms in total. The van der Waals surface area contributed by atoms with Crippen molar-refractivity contribution in [3.05, 3.63) is 35.4 Å². The van der Waals surface area contributed by atoms with Gasteiger partial charge in [0.25, 0.3) is 0 Å². The van der Waals surface area contributed by atoms with E-state index in [4.69, 9.17) is 4.74 Å². The molecule has 0 atom stereocenters. The van der Waals surface area contributed by atoms with Crippen molar-refractivity contribution < 1.29 is 4.74 Å². The van der Waals surface area contributed by atoms with Gasteiger partial charge in [-0.25, -0.2) is 0 Å². The summed E-state index contributed by atoms with van der Waals surface area (Å²) in [5.74, 6) is 0.642. The minimum atomic E-state index is 0.642. The second kappa shape index (κ2) is 5.17. The summed E-state index contributed by atoms with van der Waals surface area (Å²) < 4.78 is 5.23. The molecule has 0 radical (unpaired) electrons. The first-order valence-corrected chi connectivity index (χ1v) is 6.51. The van der Waals surface area contributed by atoms with Crippen molar-refractivity contribution >= 4 is 0 Å². The minimum absolute atomic E-state index is 0.642. The molecule has 3 rings (SSSR count). The molecule has 0 bridgehead atoms. The monoisotopic (exact) mass is 232 g/mol. The normalized spacial score (nSPS) is 22.4. The predicted octanol–water partition coefficient (Wildman–Crippen LogP) is 1.21. The quantitative estimate of drug-likeness (QED) is 0.847. The summed E-state index contributed by atoms with van der Waals surface area (Å²) in [6.07, 6.45) is 0. The molecule has 3 heteroatoms. The first-order valence-electron chi connectivity index (χ1n) is 6.51. The van der Waals surface area contributed by atoms with Gasteiger partial charge >= 0.3 is 0 Å². The van der Waals surface area contributed by atoms with Gasteiger partial charge in [0.15, 0.2) is 0 Å². The fourth-order valence-electron chi connectivity index (χ4n) is 2.45. The lowest BCUT2D eigenvalue weighted by atomic mass is 9.96. The van der Waals surface area contributed by atoms with E-state index in [-0.39, 0.29) is 0 Å². The number of hydrogen-bond acceptors (Lipinski definition) is 3. The molecule has 92 valence electrons. The molecule has 2 saturated heterocycles. The van der Waals surface area contributed by atoms with Crippen LogP contribution in [0.25, 0.3) is 0 Å². The number of nitrogens with one attached hydrogen (secondary N) is 1. The van der Waals surface area contributed by atoms with Gasteiger partial charge in [-0.05, 0) is 11.1 Å². The average molecular weight is 232 g/mol. The number of benzene rings is 1. The molecule has 0 unspecified atom stereocenters. The zero-order chi connectivity index (χ0) is 11.5. The molecule has 0 saturated carbocycles. The molecular weight excluding hydrogens is 212 g/mol. The van der Waals surface area contributed by atoms with E-state index >= 15 is 0 Å². The Balaban J connectivity index is 1.59. The Hall–Kier alpha value is -0.900. The minimum Gasteiger partial charge on any atom is -0.380 e. The third-order valence-corrected chi connectivity index (χ3v) is 3.70. The second-order valence-corrected chi connectivity index (χ2v) is 5.00. The SMILES string of the molecule is c1cc(C2COC2)ccc1CN1CCNCC1. The maximum absolute atomic E-state index is 5.23. The topological polar surface area (TPSA) is 24.5 Å². The van der Waals surface area contributed by atoms with Crippen LogP contribution in [-0.2, 0) is 11.3 Å². The van der Waals surface area contributed by atoms with Crippen LogP contribution in [0.2, 0.25) is 0 Å². The zero-order valence-electron chi connectivity index (χ0n) is 10.2. The highest BCUT2D eigenvalue weighted by Gasteiger charge is 2.20. The molecule has 0 spiro atoms. The lowest BCUT2D eigenvalue weighted by Gasteiger charge is -2.28. The van der Waals surface area contributed by atoms with E-state index in [1.54, 1.807) is 0 Å². The van der Waals surface area contributed by atoms with E-state index in [2.05, 4.69) is 34.5 Å². The number of rotatable bonds is 3. The van der Waals surface area contributed by atoms with Crippen LogP contribution in [-0.4, -0.2) is 44.3 Å². The van der Waals surface area contributed by atoms with Crippen LogP contribution in [0.1, 0.15) is 17.0 Å². The van der Waals surface area contributed by atoms with Crippen molar-refractivity contribution in [3.8, 4) is 0 Å². The average Bonchev–Trinajstić information content (AvgIpc) is 2.31. The summed E-state index contributed by atoms with van der Waals surface area (Å²) in [6.45, 7) is 7.46. The first kappa shape index (κ1) is 11.2.